The summed E-state index contributed by atoms with van der Waals surface area (Å²) in [5.41, 5.74) is 4.26. The molecular weight excluding hydrogens is 250 g/mol. The van der Waals surface area contributed by atoms with Gasteiger partial charge >= 0.3 is 0 Å². The fourth-order valence-electron chi connectivity index (χ4n) is 2.96. The molecule has 0 saturated carbocycles. The van der Waals surface area contributed by atoms with E-state index in [2.05, 4.69) is 39.8 Å². The topological polar surface area (TPSA) is 57.8 Å². The minimum absolute atomic E-state index is 0.0423. The van der Waals surface area contributed by atoms with Crippen LogP contribution in [0.25, 0.3) is 0 Å². The molecule has 0 radical (unpaired) electrons. The molecule has 0 saturated heterocycles. The van der Waals surface area contributed by atoms with E-state index in [0.717, 1.165) is 18.5 Å². The number of nitrogens with zero attached hydrogens (tertiary/aromatic N) is 1. The summed E-state index contributed by atoms with van der Waals surface area (Å²) in [7, 11) is 0. The molecule has 0 bridgehead atoms. The SMILES string of the molecule is Cc1[nH]ncc1C(=O)NC[C@H]1CCCc2ccccc21. The molecule has 1 aromatic carbocycles. The van der Waals surface area contributed by atoms with Crippen molar-refractivity contribution in [2.24, 2.45) is 0 Å². The quantitative estimate of drug-likeness (QED) is 0.899. The summed E-state index contributed by atoms with van der Waals surface area (Å²) in [6.45, 7) is 2.55. The van der Waals surface area contributed by atoms with Gasteiger partial charge in [0.2, 0.25) is 0 Å². The summed E-state index contributed by atoms with van der Waals surface area (Å²) in [5.74, 6) is 0.385. The zero-order valence-corrected chi connectivity index (χ0v) is 11.6. The number of aromatic nitrogens is 2. The Morgan fingerprint density at radius 1 is 1.45 bits per heavy atom. The van der Waals surface area contributed by atoms with Crippen LogP contribution in [0, 0.1) is 6.92 Å². The van der Waals surface area contributed by atoms with Crippen molar-refractivity contribution in [3.8, 4) is 0 Å². The van der Waals surface area contributed by atoms with Gasteiger partial charge in [-0.05, 0) is 37.3 Å². The lowest BCUT2D eigenvalue weighted by Crippen LogP contribution is -2.30. The molecule has 20 heavy (non-hydrogen) atoms. The number of amides is 1. The number of aryl methyl sites for hydroxylation is 2. The third-order valence-corrected chi connectivity index (χ3v) is 4.08. The van der Waals surface area contributed by atoms with Crippen LogP contribution in [-0.4, -0.2) is 22.6 Å². The van der Waals surface area contributed by atoms with E-state index < -0.39 is 0 Å². The first kappa shape index (κ1) is 12.9. The summed E-state index contributed by atoms with van der Waals surface area (Å²) in [4.78, 5) is 12.1. The van der Waals surface area contributed by atoms with Crippen LogP contribution in [0.1, 0.15) is 45.9 Å². The Bertz CT molecular complexity index is 618. The van der Waals surface area contributed by atoms with Gasteiger partial charge in [0, 0.05) is 18.2 Å². The van der Waals surface area contributed by atoms with Gasteiger partial charge in [0.05, 0.1) is 11.8 Å². The fourth-order valence-corrected chi connectivity index (χ4v) is 2.96. The fraction of sp³-hybridized carbons (Fsp3) is 0.375. The number of hydrogen-bond acceptors (Lipinski definition) is 2. The van der Waals surface area contributed by atoms with E-state index in [-0.39, 0.29) is 5.91 Å². The van der Waals surface area contributed by atoms with E-state index in [4.69, 9.17) is 0 Å². The minimum Gasteiger partial charge on any atom is -0.351 e. The highest BCUT2D eigenvalue weighted by Crippen LogP contribution is 2.30. The molecule has 0 aliphatic heterocycles. The molecule has 0 spiro atoms. The van der Waals surface area contributed by atoms with Gasteiger partial charge in [-0.25, -0.2) is 0 Å². The Labute approximate surface area is 118 Å². The van der Waals surface area contributed by atoms with E-state index in [9.17, 15) is 4.79 Å². The molecule has 4 nitrogen and oxygen atoms in total. The summed E-state index contributed by atoms with van der Waals surface area (Å²) in [6, 6.07) is 8.56. The summed E-state index contributed by atoms with van der Waals surface area (Å²) >= 11 is 0. The van der Waals surface area contributed by atoms with Gasteiger partial charge in [0.15, 0.2) is 0 Å². The average Bonchev–Trinajstić information content (AvgIpc) is 2.91. The van der Waals surface area contributed by atoms with E-state index in [1.54, 1.807) is 6.20 Å². The molecule has 1 aliphatic carbocycles. The van der Waals surface area contributed by atoms with Crippen LogP contribution in [0.4, 0.5) is 0 Å². The van der Waals surface area contributed by atoms with Gasteiger partial charge in [0.1, 0.15) is 0 Å². The first-order chi connectivity index (χ1) is 9.75. The molecule has 0 unspecified atom stereocenters. The number of carbonyl (C=O) groups is 1. The van der Waals surface area contributed by atoms with Crippen molar-refractivity contribution in [1.82, 2.24) is 15.5 Å². The van der Waals surface area contributed by atoms with Gasteiger partial charge in [-0.2, -0.15) is 5.10 Å². The standard InChI is InChI=1S/C16H19N3O/c1-11-15(10-18-19-11)16(20)17-9-13-7-4-6-12-5-2-3-8-14(12)13/h2-3,5,8,10,13H,4,6-7,9H2,1H3,(H,17,20)(H,18,19)/t13-/m1/s1. The lowest BCUT2D eigenvalue weighted by atomic mass is 9.83. The van der Waals surface area contributed by atoms with E-state index in [1.165, 1.54) is 17.5 Å². The van der Waals surface area contributed by atoms with Crippen molar-refractivity contribution in [3.63, 3.8) is 0 Å². The number of carbonyl (C=O) groups excluding carboxylic acids is 1. The Balaban J connectivity index is 1.68. The van der Waals surface area contributed by atoms with Crippen LogP contribution >= 0.6 is 0 Å². The number of fused-ring (bicyclic) bond motifs is 1. The first-order valence-electron chi connectivity index (χ1n) is 7.11. The Morgan fingerprint density at radius 3 is 3.10 bits per heavy atom. The summed E-state index contributed by atoms with van der Waals surface area (Å²) < 4.78 is 0. The lowest BCUT2D eigenvalue weighted by Gasteiger charge is -2.25. The molecular formula is C16H19N3O. The second kappa shape index (κ2) is 5.49. The van der Waals surface area contributed by atoms with Crippen LogP contribution in [0.3, 0.4) is 0 Å². The Kier molecular flexibility index (Phi) is 3.54. The highest BCUT2D eigenvalue weighted by molar-refractivity contribution is 5.94. The third kappa shape index (κ3) is 2.46. The summed E-state index contributed by atoms with van der Waals surface area (Å²) in [6.07, 6.45) is 5.07. The van der Waals surface area contributed by atoms with Gasteiger partial charge in [-0.1, -0.05) is 24.3 Å². The molecule has 1 aliphatic rings. The third-order valence-electron chi connectivity index (χ3n) is 4.08. The number of benzene rings is 1. The normalized spacial score (nSPS) is 17.6. The predicted molar refractivity (Wildman–Crippen MR) is 77.8 cm³/mol. The van der Waals surface area contributed by atoms with Gasteiger partial charge in [-0.3, -0.25) is 9.89 Å². The van der Waals surface area contributed by atoms with Crippen molar-refractivity contribution in [2.45, 2.75) is 32.1 Å². The second-order valence-corrected chi connectivity index (χ2v) is 5.41. The van der Waals surface area contributed by atoms with E-state index in [1.807, 2.05) is 6.92 Å². The van der Waals surface area contributed by atoms with Crippen LogP contribution in [0.15, 0.2) is 30.5 Å². The maximum atomic E-state index is 12.1. The monoisotopic (exact) mass is 269 g/mol. The number of aromatic amines is 1. The Morgan fingerprint density at radius 2 is 2.30 bits per heavy atom. The molecule has 2 N–H and O–H groups in total. The van der Waals surface area contributed by atoms with Crippen molar-refractivity contribution >= 4 is 5.91 Å². The second-order valence-electron chi connectivity index (χ2n) is 5.41. The molecule has 1 atom stereocenters. The van der Waals surface area contributed by atoms with Crippen LogP contribution in [-0.2, 0) is 6.42 Å². The number of H-pyrrole nitrogens is 1. The maximum absolute atomic E-state index is 12.1. The number of hydrogen-bond donors (Lipinski definition) is 2. The predicted octanol–water partition coefficient (Wildman–Crippen LogP) is 2.57. The lowest BCUT2D eigenvalue weighted by molar-refractivity contribution is 0.0949. The van der Waals surface area contributed by atoms with Crippen molar-refractivity contribution < 1.29 is 4.79 Å². The highest BCUT2D eigenvalue weighted by Gasteiger charge is 2.20. The van der Waals surface area contributed by atoms with Crippen LogP contribution in [0.5, 0.6) is 0 Å². The van der Waals surface area contributed by atoms with E-state index >= 15 is 0 Å². The van der Waals surface area contributed by atoms with Gasteiger partial charge in [0.25, 0.3) is 5.91 Å². The van der Waals surface area contributed by atoms with E-state index in [0.29, 0.717) is 18.0 Å². The molecule has 2 aromatic rings. The maximum Gasteiger partial charge on any atom is 0.254 e. The van der Waals surface area contributed by atoms with Crippen LogP contribution in [0.2, 0.25) is 0 Å². The molecule has 0 fully saturated rings. The van der Waals surface area contributed by atoms with Gasteiger partial charge in [-0.15, -0.1) is 0 Å². The van der Waals surface area contributed by atoms with Crippen molar-refractivity contribution in [3.05, 3.63) is 52.8 Å². The average molecular weight is 269 g/mol. The zero-order chi connectivity index (χ0) is 13.9. The summed E-state index contributed by atoms with van der Waals surface area (Å²) in [5, 5.41) is 9.72. The zero-order valence-electron chi connectivity index (χ0n) is 11.6. The van der Waals surface area contributed by atoms with Crippen molar-refractivity contribution in [2.75, 3.05) is 6.54 Å². The smallest absolute Gasteiger partial charge is 0.254 e. The molecule has 1 amide bonds. The molecule has 1 aromatic heterocycles. The molecule has 4 heteroatoms. The van der Waals surface area contributed by atoms with Gasteiger partial charge < -0.3 is 5.32 Å². The largest absolute Gasteiger partial charge is 0.351 e. The highest BCUT2D eigenvalue weighted by atomic mass is 16.1. The van der Waals surface area contributed by atoms with Crippen molar-refractivity contribution in [1.29, 1.82) is 0 Å². The number of rotatable bonds is 3. The first-order valence-corrected chi connectivity index (χ1v) is 7.11. The molecule has 104 valence electrons. The minimum atomic E-state index is -0.0423. The number of nitrogens with one attached hydrogen (secondary N) is 2. The molecule has 3 rings (SSSR count). The van der Waals surface area contributed by atoms with Crippen LogP contribution < -0.4 is 5.32 Å². The Hall–Kier alpha value is -2.10. The molecule has 1 heterocycles.